The molecule has 1 aromatic rings. The topological polar surface area (TPSA) is 43.8 Å². The number of rotatable bonds is 2. The molecule has 1 aromatic carbocycles. The minimum atomic E-state index is -0.710. The van der Waals surface area contributed by atoms with Crippen LogP contribution in [0.15, 0.2) is 18.2 Å². The second kappa shape index (κ2) is 5.69. The van der Waals surface area contributed by atoms with Gasteiger partial charge in [0.25, 0.3) is 0 Å². The van der Waals surface area contributed by atoms with E-state index in [2.05, 4.69) is 0 Å². The number of hydrogen-bond acceptors (Lipinski definition) is 3. The Morgan fingerprint density at radius 2 is 1.67 bits per heavy atom. The number of likely N-dealkylation sites (tertiary alicyclic amines) is 1. The summed E-state index contributed by atoms with van der Waals surface area (Å²) >= 11 is 0. The standard InChI is InChI=1S/C15H18F2N2O2/c16-11-2-1-3-12(17)14(11)19-9-6-13(15(19)21)18-7-4-10(20)5-8-18/h1-3,10,13,20H,4-9H2. The van der Waals surface area contributed by atoms with E-state index in [4.69, 9.17) is 0 Å². The van der Waals surface area contributed by atoms with E-state index in [0.717, 1.165) is 12.1 Å². The van der Waals surface area contributed by atoms with Crippen molar-refractivity contribution >= 4 is 11.6 Å². The van der Waals surface area contributed by atoms with Gasteiger partial charge in [-0.3, -0.25) is 9.69 Å². The predicted molar refractivity (Wildman–Crippen MR) is 73.9 cm³/mol. The lowest BCUT2D eigenvalue weighted by molar-refractivity contribution is -0.122. The van der Waals surface area contributed by atoms with Crippen molar-refractivity contribution < 1.29 is 18.7 Å². The first-order valence-electron chi connectivity index (χ1n) is 7.25. The Morgan fingerprint density at radius 3 is 2.29 bits per heavy atom. The highest BCUT2D eigenvalue weighted by molar-refractivity contribution is 5.99. The highest BCUT2D eigenvalue weighted by Crippen LogP contribution is 2.30. The molecule has 6 heteroatoms. The van der Waals surface area contributed by atoms with Crippen molar-refractivity contribution in [2.75, 3.05) is 24.5 Å². The summed E-state index contributed by atoms with van der Waals surface area (Å²) in [5, 5.41) is 9.52. The molecular formula is C15H18F2N2O2. The minimum Gasteiger partial charge on any atom is -0.393 e. The average molecular weight is 296 g/mol. The number of benzene rings is 1. The molecule has 3 rings (SSSR count). The Morgan fingerprint density at radius 1 is 1.05 bits per heavy atom. The number of para-hydroxylation sites is 1. The smallest absolute Gasteiger partial charge is 0.244 e. The van der Waals surface area contributed by atoms with Crippen molar-refractivity contribution in [3.63, 3.8) is 0 Å². The molecular weight excluding hydrogens is 278 g/mol. The summed E-state index contributed by atoms with van der Waals surface area (Å²) in [5.41, 5.74) is -0.248. The predicted octanol–water partition coefficient (Wildman–Crippen LogP) is 1.53. The number of anilines is 1. The third-order valence-corrected chi connectivity index (χ3v) is 4.32. The third-order valence-electron chi connectivity index (χ3n) is 4.32. The van der Waals surface area contributed by atoms with Crippen molar-refractivity contribution in [2.24, 2.45) is 0 Å². The molecule has 0 spiro atoms. The van der Waals surface area contributed by atoms with Gasteiger partial charge in [-0.25, -0.2) is 8.78 Å². The molecule has 4 nitrogen and oxygen atoms in total. The van der Waals surface area contributed by atoms with Crippen molar-refractivity contribution in [3.8, 4) is 0 Å². The van der Waals surface area contributed by atoms with E-state index in [0.29, 0.717) is 38.9 Å². The van der Waals surface area contributed by atoms with Gasteiger partial charge in [0.05, 0.1) is 12.1 Å². The monoisotopic (exact) mass is 296 g/mol. The van der Waals surface area contributed by atoms with Gasteiger partial charge < -0.3 is 10.0 Å². The molecule has 0 aromatic heterocycles. The lowest BCUT2D eigenvalue weighted by Crippen LogP contribution is -2.47. The molecule has 2 aliphatic heterocycles. The third kappa shape index (κ3) is 2.65. The van der Waals surface area contributed by atoms with Gasteiger partial charge >= 0.3 is 0 Å². The zero-order valence-corrected chi connectivity index (χ0v) is 11.6. The van der Waals surface area contributed by atoms with Crippen molar-refractivity contribution in [1.29, 1.82) is 0 Å². The Labute approximate surface area is 122 Å². The van der Waals surface area contributed by atoms with Gasteiger partial charge in [0.1, 0.15) is 17.3 Å². The van der Waals surface area contributed by atoms with E-state index in [9.17, 15) is 18.7 Å². The number of hydrogen-bond donors (Lipinski definition) is 1. The molecule has 1 unspecified atom stereocenters. The minimum absolute atomic E-state index is 0.248. The highest BCUT2D eigenvalue weighted by atomic mass is 19.1. The van der Waals surface area contributed by atoms with Crippen LogP contribution in [0.3, 0.4) is 0 Å². The van der Waals surface area contributed by atoms with E-state index in [1.54, 1.807) is 0 Å². The fourth-order valence-electron chi connectivity index (χ4n) is 3.17. The van der Waals surface area contributed by atoms with Gasteiger partial charge in [-0.1, -0.05) is 6.07 Å². The molecule has 21 heavy (non-hydrogen) atoms. The molecule has 2 heterocycles. The zero-order chi connectivity index (χ0) is 15.0. The first-order valence-corrected chi connectivity index (χ1v) is 7.25. The maximum Gasteiger partial charge on any atom is 0.244 e. The second-order valence-corrected chi connectivity index (χ2v) is 5.63. The second-order valence-electron chi connectivity index (χ2n) is 5.63. The maximum atomic E-state index is 13.8. The lowest BCUT2D eigenvalue weighted by atomic mass is 10.1. The lowest BCUT2D eigenvalue weighted by Gasteiger charge is -2.33. The number of halogens is 2. The zero-order valence-electron chi connectivity index (χ0n) is 11.6. The number of nitrogens with zero attached hydrogens (tertiary/aromatic N) is 2. The van der Waals surface area contributed by atoms with Gasteiger partial charge in [0, 0.05) is 19.6 Å². The van der Waals surface area contributed by atoms with E-state index in [-0.39, 0.29) is 23.7 Å². The number of aliphatic hydroxyl groups excluding tert-OH is 1. The van der Waals surface area contributed by atoms with Gasteiger partial charge in [-0.2, -0.15) is 0 Å². The van der Waals surface area contributed by atoms with Gasteiger partial charge in [0.15, 0.2) is 0 Å². The summed E-state index contributed by atoms with van der Waals surface area (Å²) in [6.07, 6.45) is 1.52. The molecule has 1 atom stereocenters. The number of aliphatic hydroxyl groups is 1. The van der Waals surface area contributed by atoms with Crippen LogP contribution >= 0.6 is 0 Å². The summed E-state index contributed by atoms with van der Waals surface area (Å²) in [7, 11) is 0. The van der Waals surface area contributed by atoms with Gasteiger partial charge in [0.2, 0.25) is 5.91 Å². The Balaban J connectivity index is 1.78. The number of carbonyl (C=O) groups excluding carboxylic acids is 1. The maximum absolute atomic E-state index is 13.8. The SMILES string of the molecule is O=C1C(N2CCC(O)CC2)CCN1c1c(F)cccc1F. The van der Waals surface area contributed by atoms with E-state index in [1.165, 1.54) is 11.0 Å². The fourth-order valence-corrected chi connectivity index (χ4v) is 3.17. The normalized spacial score (nSPS) is 24.8. The number of carbonyl (C=O) groups is 1. The summed E-state index contributed by atoms with van der Waals surface area (Å²) < 4.78 is 27.6. The molecule has 0 bridgehead atoms. The fraction of sp³-hybridized carbons (Fsp3) is 0.533. The van der Waals surface area contributed by atoms with Crippen LogP contribution in [0, 0.1) is 11.6 Å². The summed E-state index contributed by atoms with van der Waals surface area (Å²) in [4.78, 5) is 15.7. The quantitative estimate of drug-likeness (QED) is 0.900. The first kappa shape index (κ1) is 14.4. The molecule has 114 valence electrons. The Bertz CT molecular complexity index is 524. The highest BCUT2D eigenvalue weighted by Gasteiger charge is 2.39. The molecule has 1 N–H and O–H groups in total. The molecule has 0 radical (unpaired) electrons. The van der Waals surface area contributed by atoms with Crippen LogP contribution in [0.2, 0.25) is 0 Å². The average Bonchev–Trinajstić information content (AvgIpc) is 2.82. The number of amides is 1. The molecule has 0 aliphatic carbocycles. The van der Waals surface area contributed by atoms with E-state index < -0.39 is 11.6 Å². The molecule has 2 aliphatic rings. The van der Waals surface area contributed by atoms with Crippen LogP contribution in [0.25, 0.3) is 0 Å². The summed E-state index contributed by atoms with van der Waals surface area (Å²) in [6, 6.07) is 3.28. The van der Waals surface area contributed by atoms with Crippen molar-refractivity contribution in [3.05, 3.63) is 29.8 Å². The van der Waals surface area contributed by atoms with Crippen LogP contribution in [0.5, 0.6) is 0 Å². The molecule has 2 saturated heterocycles. The van der Waals surface area contributed by atoms with Gasteiger partial charge in [-0.05, 0) is 31.4 Å². The first-order chi connectivity index (χ1) is 10.1. The van der Waals surface area contributed by atoms with E-state index >= 15 is 0 Å². The van der Waals surface area contributed by atoms with Crippen LogP contribution < -0.4 is 4.90 Å². The molecule has 0 saturated carbocycles. The van der Waals surface area contributed by atoms with E-state index in [1.807, 2.05) is 4.90 Å². The van der Waals surface area contributed by atoms with Crippen molar-refractivity contribution in [1.82, 2.24) is 4.90 Å². The Hall–Kier alpha value is -1.53. The van der Waals surface area contributed by atoms with Crippen LogP contribution in [0.4, 0.5) is 14.5 Å². The van der Waals surface area contributed by atoms with Crippen LogP contribution in [0.1, 0.15) is 19.3 Å². The molecule has 2 fully saturated rings. The largest absolute Gasteiger partial charge is 0.393 e. The number of piperidine rings is 1. The summed E-state index contributed by atoms with van der Waals surface area (Å²) in [5.74, 6) is -1.67. The molecule has 1 amide bonds. The Kier molecular flexibility index (Phi) is 3.91. The van der Waals surface area contributed by atoms with Crippen LogP contribution in [-0.4, -0.2) is 47.7 Å². The summed E-state index contributed by atoms with van der Waals surface area (Å²) in [6.45, 7) is 1.61. The van der Waals surface area contributed by atoms with Crippen LogP contribution in [-0.2, 0) is 4.79 Å². The van der Waals surface area contributed by atoms with Crippen molar-refractivity contribution in [2.45, 2.75) is 31.4 Å². The van der Waals surface area contributed by atoms with Gasteiger partial charge in [-0.15, -0.1) is 0 Å².